The van der Waals surface area contributed by atoms with Gasteiger partial charge in [-0.3, -0.25) is 0 Å². The molecule has 0 bridgehead atoms. The molecule has 2 rings (SSSR count). The number of carboxylic acids is 1. The number of anilines is 1. The Bertz CT molecular complexity index is 589. The second-order valence-corrected chi connectivity index (χ2v) is 6.39. The highest BCUT2D eigenvalue weighted by Crippen LogP contribution is 2.18. The predicted octanol–water partition coefficient (Wildman–Crippen LogP) is 2.12. The van der Waals surface area contributed by atoms with E-state index >= 15 is 0 Å². The van der Waals surface area contributed by atoms with Crippen LogP contribution >= 0.6 is 0 Å². The van der Waals surface area contributed by atoms with Gasteiger partial charge in [0.2, 0.25) is 0 Å². The van der Waals surface area contributed by atoms with Crippen molar-refractivity contribution >= 4 is 17.9 Å². The fourth-order valence-electron chi connectivity index (χ4n) is 2.08. The second kappa shape index (κ2) is 5.82. The van der Waals surface area contributed by atoms with Gasteiger partial charge in [0, 0.05) is 13.1 Å². The summed E-state index contributed by atoms with van der Waals surface area (Å²) >= 11 is 0. The van der Waals surface area contributed by atoms with Gasteiger partial charge in [-0.2, -0.15) is 0 Å². The second-order valence-electron chi connectivity index (χ2n) is 6.39. The van der Waals surface area contributed by atoms with Crippen LogP contribution in [0.25, 0.3) is 0 Å². The Balaban J connectivity index is 1.89. The minimum Gasteiger partial charge on any atom is -0.477 e. The summed E-state index contributed by atoms with van der Waals surface area (Å²) in [6.45, 7) is 8.19. The third kappa shape index (κ3) is 3.87. The van der Waals surface area contributed by atoms with E-state index in [9.17, 15) is 9.59 Å². The average molecular weight is 307 g/mol. The Hall–Kier alpha value is -2.31. The maximum atomic E-state index is 11.8. The van der Waals surface area contributed by atoms with Crippen LogP contribution in [0.15, 0.2) is 12.1 Å². The molecule has 1 amide bonds. The highest BCUT2D eigenvalue weighted by atomic mass is 16.6. The fraction of sp³-hybridized carbons (Fsp3) is 0.533. The maximum absolute atomic E-state index is 11.8. The molecule has 120 valence electrons. The first-order valence-corrected chi connectivity index (χ1v) is 7.11. The van der Waals surface area contributed by atoms with E-state index in [4.69, 9.17) is 9.84 Å². The molecule has 0 radical (unpaired) electrons. The smallest absolute Gasteiger partial charge is 0.410 e. The molecule has 1 aromatic heterocycles. The van der Waals surface area contributed by atoms with Gasteiger partial charge >= 0.3 is 12.1 Å². The number of nitrogens with zero attached hydrogens (tertiary/aromatic N) is 2. The first-order valence-electron chi connectivity index (χ1n) is 7.11. The average Bonchev–Trinajstić information content (AvgIpc) is 2.32. The topological polar surface area (TPSA) is 91.8 Å². The number of amides is 1. The minimum absolute atomic E-state index is 0.0355. The van der Waals surface area contributed by atoms with Crippen molar-refractivity contribution in [1.82, 2.24) is 9.88 Å². The van der Waals surface area contributed by atoms with E-state index < -0.39 is 11.6 Å². The number of aromatic nitrogens is 1. The number of aryl methyl sites for hydroxylation is 1. The number of likely N-dealkylation sites (tertiary alicyclic amines) is 1. The molecule has 1 aliphatic rings. The number of nitrogens with one attached hydrogen (secondary N) is 1. The van der Waals surface area contributed by atoms with Gasteiger partial charge in [0.25, 0.3) is 0 Å². The van der Waals surface area contributed by atoms with E-state index in [-0.39, 0.29) is 17.8 Å². The molecule has 0 aromatic carbocycles. The van der Waals surface area contributed by atoms with Crippen LogP contribution in [0.3, 0.4) is 0 Å². The summed E-state index contributed by atoms with van der Waals surface area (Å²) in [6, 6.07) is 3.49. The lowest BCUT2D eigenvalue weighted by Gasteiger charge is -2.40. The van der Waals surface area contributed by atoms with Crippen molar-refractivity contribution in [2.75, 3.05) is 18.4 Å². The van der Waals surface area contributed by atoms with Crippen molar-refractivity contribution in [2.24, 2.45) is 0 Å². The van der Waals surface area contributed by atoms with Crippen molar-refractivity contribution in [2.45, 2.75) is 39.3 Å². The zero-order chi connectivity index (χ0) is 16.5. The number of hydrogen-bond acceptors (Lipinski definition) is 5. The Morgan fingerprint density at radius 3 is 2.55 bits per heavy atom. The summed E-state index contributed by atoms with van der Waals surface area (Å²) < 4.78 is 5.27. The molecule has 2 heterocycles. The number of ether oxygens (including phenoxy) is 1. The van der Waals surface area contributed by atoms with Crippen molar-refractivity contribution in [1.29, 1.82) is 0 Å². The summed E-state index contributed by atoms with van der Waals surface area (Å²) in [6.07, 6.45) is -0.339. The number of hydrogen-bond donors (Lipinski definition) is 2. The number of pyridine rings is 1. The number of carbonyl (C=O) groups is 2. The molecule has 2 N–H and O–H groups in total. The van der Waals surface area contributed by atoms with Gasteiger partial charge in [0.1, 0.15) is 11.4 Å². The van der Waals surface area contributed by atoms with Gasteiger partial charge < -0.3 is 20.1 Å². The Labute approximate surface area is 129 Å². The van der Waals surface area contributed by atoms with E-state index in [2.05, 4.69) is 10.3 Å². The van der Waals surface area contributed by atoms with Crippen molar-refractivity contribution in [3.8, 4) is 0 Å². The first-order chi connectivity index (χ1) is 10.2. The quantitative estimate of drug-likeness (QED) is 0.888. The highest BCUT2D eigenvalue weighted by Gasteiger charge is 2.33. The van der Waals surface area contributed by atoms with Gasteiger partial charge in [0.15, 0.2) is 5.69 Å². The first kappa shape index (κ1) is 16.1. The van der Waals surface area contributed by atoms with Crippen molar-refractivity contribution in [3.63, 3.8) is 0 Å². The van der Waals surface area contributed by atoms with Crippen LogP contribution < -0.4 is 5.32 Å². The lowest BCUT2D eigenvalue weighted by Crippen LogP contribution is -2.58. The zero-order valence-corrected chi connectivity index (χ0v) is 13.2. The van der Waals surface area contributed by atoms with Gasteiger partial charge in [-0.1, -0.05) is 6.07 Å². The van der Waals surface area contributed by atoms with E-state index in [0.717, 1.165) is 0 Å². The monoisotopic (exact) mass is 307 g/mol. The van der Waals surface area contributed by atoms with Crippen molar-refractivity contribution in [3.05, 3.63) is 23.4 Å². The van der Waals surface area contributed by atoms with E-state index in [0.29, 0.717) is 24.5 Å². The maximum Gasteiger partial charge on any atom is 0.410 e. The molecule has 0 saturated carbocycles. The molecule has 1 aromatic rings. The summed E-state index contributed by atoms with van der Waals surface area (Å²) in [7, 11) is 0. The van der Waals surface area contributed by atoms with Crippen LogP contribution in [0, 0.1) is 6.92 Å². The van der Waals surface area contributed by atoms with E-state index in [1.807, 2.05) is 20.8 Å². The summed E-state index contributed by atoms with van der Waals surface area (Å²) in [5.41, 5.74) is 0.139. The summed E-state index contributed by atoms with van der Waals surface area (Å²) in [5.74, 6) is -0.554. The zero-order valence-electron chi connectivity index (χ0n) is 13.2. The lowest BCUT2D eigenvalue weighted by atomic mass is 10.1. The van der Waals surface area contributed by atoms with E-state index in [1.165, 1.54) is 0 Å². The molecule has 1 aliphatic heterocycles. The molecule has 1 saturated heterocycles. The minimum atomic E-state index is -1.05. The van der Waals surface area contributed by atoms with Crippen LogP contribution in [0.2, 0.25) is 0 Å². The number of carbonyl (C=O) groups excluding carboxylic acids is 1. The van der Waals surface area contributed by atoms with Crippen LogP contribution in [-0.4, -0.2) is 51.8 Å². The van der Waals surface area contributed by atoms with Gasteiger partial charge in [0.05, 0.1) is 6.04 Å². The molecule has 7 heteroatoms. The number of rotatable bonds is 3. The molecule has 7 nitrogen and oxygen atoms in total. The Kier molecular flexibility index (Phi) is 4.25. The number of aromatic carboxylic acids is 1. The van der Waals surface area contributed by atoms with Gasteiger partial charge in [-0.15, -0.1) is 0 Å². The van der Waals surface area contributed by atoms with Crippen LogP contribution in [0.1, 0.15) is 36.8 Å². The molecule has 0 atom stereocenters. The predicted molar refractivity (Wildman–Crippen MR) is 81.2 cm³/mol. The normalized spacial score (nSPS) is 15.2. The van der Waals surface area contributed by atoms with Gasteiger partial charge in [-0.25, -0.2) is 14.6 Å². The molecule has 1 fully saturated rings. The Morgan fingerprint density at radius 1 is 1.36 bits per heavy atom. The molecule has 0 spiro atoms. The van der Waals surface area contributed by atoms with Crippen LogP contribution in [0.5, 0.6) is 0 Å². The largest absolute Gasteiger partial charge is 0.477 e. The third-order valence-electron chi connectivity index (χ3n) is 3.18. The molecule has 0 unspecified atom stereocenters. The molecular weight excluding hydrogens is 286 g/mol. The van der Waals surface area contributed by atoms with Gasteiger partial charge in [-0.05, 0) is 39.3 Å². The standard InChI is InChI=1S/C15H21N3O4/c1-9-5-6-11(17-12(9)13(19)20)16-10-7-18(8-10)14(21)22-15(2,3)4/h5-6,10H,7-8H2,1-4H3,(H,16,17)(H,19,20). The van der Waals surface area contributed by atoms with Crippen molar-refractivity contribution < 1.29 is 19.4 Å². The third-order valence-corrected chi connectivity index (χ3v) is 3.18. The fourth-order valence-corrected chi connectivity index (χ4v) is 2.08. The summed E-state index contributed by atoms with van der Waals surface area (Å²) in [4.78, 5) is 28.5. The van der Waals surface area contributed by atoms with E-state index in [1.54, 1.807) is 24.0 Å². The Morgan fingerprint density at radius 2 is 2.00 bits per heavy atom. The van der Waals surface area contributed by atoms with Crippen LogP contribution in [-0.2, 0) is 4.74 Å². The molecular formula is C15H21N3O4. The lowest BCUT2D eigenvalue weighted by molar-refractivity contribution is 0.0104. The highest BCUT2D eigenvalue weighted by molar-refractivity contribution is 5.87. The van der Waals surface area contributed by atoms with Crippen LogP contribution in [0.4, 0.5) is 10.6 Å². The SMILES string of the molecule is Cc1ccc(NC2CN(C(=O)OC(C)(C)C)C2)nc1C(=O)O. The summed E-state index contributed by atoms with van der Waals surface area (Å²) in [5, 5.41) is 12.2. The molecule has 22 heavy (non-hydrogen) atoms. The molecule has 0 aliphatic carbocycles. The number of carboxylic acid groups (broad SMARTS) is 1.